The molecule has 1 N–H and O–H groups in total. The third kappa shape index (κ3) is 4.03. The van der Waals surface area contributed by atoms with Crippen LogP contribution in [0.4, 0.5) is 4.79 Å². The van der Waals surface area contributed by atoms with Crippen LogP contribution in [0.2, 0.25) is 0 Å². The highest BCUT2D eigenvalue weighted by Gasteiger charge is 2.25. The van der Waals surface area contributed by atoms with Crippen LogP contribution in [-0.2, 0) is 11.2 Å². The molecule has 1 aromatic heterocycles. The normalized spacial score (nSPS) is 17.8. The number of likely N-dealkylation sites (tertiary alicyclic amines) is 1. The predicted octanol–water partition coefficient (Wildman–Crippen LogP) is 3.51. The van der Waals surface area contributed by atoms with Gasteiger partial charge in [-0.1, -0.05) is 18.2 Å². The molecule has 4 nitrogen and oxygen atoms in total. The van der Waals surface area contributed by atoms with Crippen LogP contribution in [0.15, 0.2) is 29.6 Å². The summed E-state index contributed by atoms with van der Waals surface area (Å²) in [6.07, 6.45) is 1.93. The molecule has 23 heavy (non-hydrogen) atoms. The largest absolute Gasteiger partial charge is 0.381 e. The summed E-state index contributed by atoms with van der Waals surface area (Å²) in [7, 11) is 0. The van der Waals surface area contributed by atoms with Gasteiger partial charge in [0, 0.05) is 36.9 Å². The minimum atomic E-state index is 0.0588. The third-order valence-corrected chi connectivity index (χ3v) is 5.37. The second-order valence-electron chi connectivity index (χ2n) is 6.00. The number of thiophene rings is 1. The number of urea groups is 1. The first kappa shape index (κ1) is 16.3. The Balaban J connectivity index is 1.45. The lowest BCUT2D eigenvalue weighted by Gasteiger charge is -2.17. The summed E-state index contributed by atoms with van der Waals surface area (Å²) in [6.45, 7) is 5.86. The number of nitrogens with zero attached hydrogens (tertiary/aromatic N) is 1. The van der Waals surface area contributed by atoms with E-state index in [4.69, 9.17) is 4.74 Å². The second-order valence-corrected chi connectivity index (χ2v) is 6.91. The quantitative estimate of drug-likeness (QED) is 0.879. The number of rotatable bonds is 6. The van der Waals surface area contributed by atoms with Gasteiger partial charge in [0.05, 0.1) is 6.61 Å². The average Bonchev–Trinajstić information content (AvgIpc) is 3.20. The van der Waals surface area contributed by atoms with Gasteiger partial charge < -0.3 is 15.0 Å². The van der Waals surface area contributed by atoms with Gasteiger partial charge in [-0.15, -0.1) is 11.3 Å². The van der Waals surface area contributed by atoms with Crippen molar-refractivity contribution in [1.82, 2.24) is 10.2 Å². The number of carbonyl (C=O) groups is 1. The fourth-order valence-electron chi connectivity index (χ4n) is 3.08. The summed E-state index contributed by atoms with van der Waals surface area (Å²) in [5, 5.41) is 6.56. The summed E-state index contributed by atoms with van der Waals surface area (Å²) >= 11 is 1.77. The first-order chi connectivity index (χ1) is 11.3. The Morgan fingerprint density at radius 3 is 3.17 bits per heavy atom. The van der Waals surface area contributed by atoms with E-state index in [9.17, 15) is 4.79 Å². The Kier molecular flexibility index (Phi) is 5.51. The van der Waals surface area contributed by atoms with Crippen LogP contribution in [0.25, 0.3) is 10.1 Å². The summed E-state index contributed by atoms with van der Waals surface area (Å²) in [4.78, 5) is 14.1. The number of carbonyl (C=O) groups excluding carboxylic acids is 1. The van der Waals surface area contributed by atoms with Gasteiger partial charge in [-0.2, -0.15) is 0 Å². The number of nitrogens with one attached hydrogen (secondary N) is 1. The molecule has 0 saturated carbocycles. The van der Waals surface area contributed by atoms with Crippen LogP contribution in [0, 0.1) is 5.92 Å². The van der Waals surface area contributed by atoms with Crippen LogP contribution in [0.1, 0.15) is 18.9 Å². The molecule has 0 spiro atoms. The first-order valence-electron chi connectivity index (χ1n) is 8.33. The maximum Gasteiger partial charge on any atom is 0.317 e. The van der Waals surface area contributed by atoms with Crippen molar-refractivity contribution >= 4 is 27.5 Å². The Labute approximate surface area is 141 Å². The number of ether oxygens (including phenoxy) is 1. The van der Waals surface area contributed by atoms with Crippen LogP contribution in [0.5, 0.6) is 0 Å². The molecule has 0 aliphatic carbocycles. The van der Waals surface area contributed by atoms with Crippen LogP contribution >= 0.6 is 11.3 Å². The van der Waals surface area contributed by atoms with Crippen LogP contribution < -0.4 is 5.32 Å². The lowest BCUT2D eigenvalue weighted by molar-refractivity contribution is 0.113. The maximum absolute atomic E-state index is 12.2. The van der Waals surface area contributed by atoms with E-state index in [0.717, 1.165) is 39.1 Å². The van der Waals surface area contributed by atoms with E-state index in [1.54, 1.807) is 11.3 Å². The number of fused-ring (bicyclic) bond motifs is 1. The number of benzene rings is 1. The van der Waals surface area contributed by atoms with E-state index in [2.05, 4.69) is 35.0 Å². The van der Waals surface area contributed by atoms with Gasteiger partial charge in [0.1, 0.15) is 0 Å². The monoisotopic (exact) mass is 332 g/mol. The highest BCUT2D eigenvalue weighted by molar-refractivity contribution is 7.17. The minimum absolute atomic E-state index is 0.0588. The highest BCUT2D eigenvalue weighted by Crippen LogP contribution is 2.25. The standard InChI is InChI=1S/C18H24N2O2S/c1-2-22-12-14-8-10-20(11-14)18(21)19-9-7-15-13-23-17-6-4-3-5-16(15)17/h3-6,13-14H,2,7-12H2,1H3,(H,19,21). The topological polar surface area (TPSA) is 41.6 Å². The van der Waals surface area contributed by atoms with Crippen LogP contribution in [0.3, 0.4) is 0 Å². The molecular formula is C18H24N2O2S. The SMILES string of the molecule is CCOCC1CCN(C(=O)NCCc2csc3ccccc23)C1. The fraction of sp³-hybridized carbons (Fsp3) is 0.500. The van der Waals surface area contributed by atoms with Gasteiger partial charge in [-0.25, -0.2) is 4.79 Å². The molecule has 1 aliphatic heterocycles. The Morgan fingerprint density at radius 2 is 2.30 bits per heavy atom. The number of hydrogen-bond donors (Lipinski definition) is 1. The predicted molar refractivity (Wildman–Crippen MR) is 95.1 cm³/mol. The van der Waals surface area contributed by atoms with Gasteiger partial charge in [0.2, 0.25) is 0 Å². The molecule has 0 bridgehead atoms. The van der Waals surface area contributed by atoms with E-state index >= 15 is 0 Å². The Hall–Kier alpha value is -1.59. The van der Waals surface area contributed by atoms with E-state index in [1.807, 2.05) is 11.8 Å². The molecule has 3 rings (SSSR count). The molecule has 1 fully saturated rings. The fourth-order valence-corrected chi connectivity index (χ4v) is 4.08. The van der Waals surface area contributed by atoms with Crippen molar-refractivity contribution in [3.8, 4) is 0 Å². The highest BCUT2D eigenvalue weighted by atomic mass is 32.1. The van der Waals surface area contributed by atoms with Gasteiger partial charge in [-0.05, 0) is 42.2 Å². The zero-order valence-corrected chi connectivity index (χ0v) is 14.4. The van der Waals surface area contributed by atoms with E-state index < -0.39 is 0 Å². The first-order valence-corrected chi connectivity index (χ1v) is 9.21. The van der Waals surface area contributed by atoms with Gasteiger partial charge in [-0.3, -0.25) is 0 Å². The molecule has 124 valence electrons. The molecule has 1 aliphatic rings. The molecule has 1 atom stereocenters. The van der Waals surface area contributed by atoms with Crippen molar-refractivity contribution in [3.63, 3.8) is 0 Å². The third-order valence-electron chi connectivity index (χ3n) is 4.36. The Bertz CT molecular complexity index is 655. The summed E-state index contributed by atoms with van der Waals surface area (Å²) in [5.41, 5.74) is 1.32. The summed E-state index contributed by atoms with van der Waals surface area (Å²) in [5.74, 6) is 0.488. The van der Waals surface area contributed by atoms with Gasteiger partial charge in [0.15, 0.2) is 0 Å². The maximum atomic E-state index is 12.2. The molecule has 2 aromatic rings. The molecule has 1 saturated heterocycles. The molecular weight excluding hydrogens is 308 g/mol. The molecule has 2 amide bonds. The van der Waals surface area contributed by atoms with E-state index in [-0.39, 0.29) is 6.03 Å². The van der Waals surface area contributed by atoms with Gasteiger partial charge in [0.25, 0.3) is 0 Å². The average molecular weight is 332 g/mol. The lowest BCUT2D eigenvalue weighted by atomic mass is 10.1. The number of hydrogen-bond acceptors (Lipinski definition) is 3. The molecule has 2 heterocycles. The zero-order chi connectivity index (χ0) is 16.1. The Morgan fingerprint density at radius 1 is 1.43 bits per heavy atom. The zero-order valence-electron chi connectivity index (χ0n) is 13.6. The molecule has 5 heteroatoms. The van der Waals surface area contributed by atoms with Crippen molar-refractivity contribution in [1.29, 1.82) is 0 Å². The van der Waals surface area contributed by atoms with Crippen molar-refractivity contribution in [3.05, 3.63) is 35.2 Å². The molecule has 1 aromatic carbocycles. The second kappa shape index (κ2) is 7.79. The van der Waals surface area contributed by atoms with E-state index in [1.165, 1.54) is 15.6 Å². The molecule has 0 radical (unpaired) electrons. The molecule has 1 unspecified atom stereocenters. The van der Waals surface area contributed by atoms with Gasteiger partial charge >= 0.3 is 6.03 Å². The van der Waals surface area contributed by atoms with Crippen molar-refractivity contribution in [2.24, 2.45) is 5.92 Å². The van der Waals surface area contributed by atoms with Crippen molar-refractivity contribution in [2.45, 2.75) is 19.8 Å². The van der Waals surface area contributed by atoms with Crippen LogP contribution in [-0.4, -0.2) is 43.8 Å². The van der Waals surface area contributed by atoms with Crippen molar-refractivity contribution < 1.29 is 9.53 Å². The smallest absolute Gasteiger partial charge is 0.317 e. The van der Waals surface area contributed by atoms with E-state index in [0.29, 0.717) is 12.5 Å². The summed E-state index contributed by atoms with van der Waals surface area (Å²) in [6, 6.07) is 8.49. The lowest BCUT2D eigenvalue weighted by Crippen LogP contribution is -2.39. The summed E-state index contributed by atoms with van der Waals surface area (Å²) < 4.78 is 6.77. The minimum Gasteiger partial charge on any atom is -0.381 e. The number of amides is 2. The van der Waals surface area contributed by atoms with Crippen molar-refractivity contribution in [2.75, 3.05) is 32.8 Å².